The first kappa shape index (κ1) is 25.0. The number of carbonyl (C=O) groups excluding carboxylic acids is 1. The summed E-state index contributed by atoms with van der Waals surface area (Å²) in [5.41, 5.74) is 0.0663. The lowest BCUT2D eigenvalue weighted by Gasteiger charge is -2.30. The van der Waals surface area contributed by atoms with Gasteiger partial charge in [0.1, 0.15) is 11.5 Å². The molecule has 1 aliphatic rings. The lowest BCUT2D eigenvalue weighted by molar-refractivity contribution is 0.0824. The van der Waals surface area contributed by atoms with Gasteiger partial charge in [-0.1, -0.05) is 20.8 Å². The van der Waals surface area contributed by atoms with Crippen molar-refractivity contribution in [1.82, 2.24) is 10.2 Å². The number of phenols is 1. The molecule has 1 amide bonds. The van der Waals surface area contributed by atoms with Crippen molar-refractivity contribution < 1.29 is 18.5 Å². The number of furan rings is 1. The van der Waals surface area contributed by atoms with E-state index in [1.807, 2.05) is 39.8 Å². The van der Waals surface area contributed by atoms with E-state index in [9.17, 15) is 14.1 Å². The van der Waals surface area contributed by atoms with E-state index in [2.05, 4.69) is 35.4 Å². The van der Waals surface area contributed by atoms with Gasteiger partial charge in [0.2, 0.25) is 0 Å². The second-order valence-corrected chi connectivity index (χ2v) is 12.2. The molecule has 1 aromatic heterocycles. The number of anilines is 1. The van der Waals surface area contributed by atoms with Crippen LogP contribution in [0.15, 0.2) is 42.0 Å². The van der Waals surface area contributed by atoms with E-state index in [0.717, 1.165) is 5.76 Å². The summed E-state index contributed by atoms with van der Waals surface area (Å²) < 4.78 is 27.6. The molecule has 180 valence electrons. The van der Waals surface area contributed by atoms with Crippen molar-refractivity contribution in [2.24, 2.45) is 14.2 Å². The third kappa shape index (κ3) is 5.47. The normalized spacial score (nSPS) is 17.1. The molecular formula is C22H30BrN5O4S. The van der Waals surface area contributed by atoms with Crippen LogP contribution < -0.4 is 10.6 Å². The van der Waals surface area contributed by atoms with Crippen LogP contribution in [0.2, 0.25) is 0 Å². The minimum atomic E-state index is -3.20. The molecule has 0 radical (unpaired) electrons. The number of hydrogen-bond donors (Lipinski definition) is 4. The first-order valence-electron chi connectivity index (χ1n) is 10.3. The standard InChI is InChI=1S/C22H30BrN5O4S/c1-12-8-11-15(32-12)18(22(2,3)4)25-20-19(26-33(7,31)27-20)24-14-10-9-13(23)16(17(14)29)21(30)28(5)6/h8-11,18,29,33H,1-7H3,(H2,24,25,26,27,31)/t18-/m0/s1. The zero-order valence-electron chi connectivity index (χ0n) is 19.7. The fourth-order valence-electron chi connectivity index (χ4n) is 3.35. The Hall–Kier alpha value is -2.66. The Morgan fingerprint density at radius 2 is 1.82 bits per heavy atom. The highest BCUT2D eigenvalue weighted by Gasteiger charge is 2.33. The molecule has 3 N–H and O–H groups in total. The van der Waals surface area contributed by atoms with Crippen molar-refractivity contribution in [2.45, 2.75) is 33.7 Å². The summed E-state index contributed by atoms with van der Waals surface area (Å²) in [6.07, 6.45) is 1.45. The van der Waals surface area contributed by atoms with Crippen LogP contribution in [-0.2, 0) is 10.3 Å². The number of hydrogen-bond acceptors (Lipinski definition) is 6. The maximum absolute atomic E-state index is 12.8. The molecular weight excluding hydrogens is 510 g/mol. The lowest BCUT2D eigenvalue weighted by atomic mass is 9.85. The third-order valence-corrected chi connectivity index (χ3v) is 6.79. The minimum absolute atomic E-state index is 0.105. The van der Waals surface area contributed by atoms with Crippen LogP contribution in [0.3, 0.4) is 0 Å². The maximum Gasteiger partial charge on any atom is 0.258 e. The largest absolute Gasteiger partial charge is 0.505 e. The monoisotopic (exact) mass is 539 g/mol. The van der Waals surface area contributed by atoms with Crippen LogP contribution in [0.1, 0.15) is 48.7 Å². The highest BCUT2D eigenvalue weighted by molar-refractivity contribution is 9.10. The number of thiol groups is 1. The number of amides is 1. The second kappa shape index (κ2) is 8.94. The molecule has 1 aromatic carbocycles. The topological polar surface area (TPSA) is 120 Å². The summed E-state index contributed by atoms with van der Waals surface area (Å²) in [6, 6.07) is 6.73. The fraction of sp³-hybridized carbons (Fsp3) is 0.409. The van der Waals surface area contributed by atoms with E-state index < -0.39 is 10.3 Å². The van der Waals surface area contributed by atoms with Crippen molar-refractivity contribution >= 4 is 49.5 Å². The van der Waals surface area contributed by atoms with E-state index in [1.54, 1.807) is 26.2 Å². The molecule has 33 heavy (non-hydrogen) atoms. The van der Waals surface area contributed by atoms with Gasteiger partial charge in [-0.15, -0.1) is 0 Å². The van der Waals surface area contributed by atoms with Gasteiger partial charge in [-0.3, -0.25) is 4.79 Å². The third-order valence-electron chi connectivity index (χ3n) is 4.99. The van der Waals surface area contributed by atoms with Crippen LogP contribution >= 0.6 is 15.9 Å². The van der Waals surface area contributed by atoms with Gasteiger partial charge in [0, 0.05) is 24.8 Å². The lowest BCUT2D eigenvalue weighted by Crippen LogP contribution is -2.41. The molecule has 0 fully saturated rings. The molecule has 2 heterocycles. The van der Waals surface area contributed by atoms with E-state index in [-0.39, 0.29) is 46.0 Å². The highest BCUT2D eigenvalue weighted by atomic mass is 79.9. The molecule has 0 unspecified atom stereocenters. The molecule has 0 saturated carbocycles. The van der Waals surface area contributed by atoms with E-state index in [1.165, 1.54) is 11.2 Å². The highest BCUT2D eigenvalue weighted by Crippen LogP contribution is 2.36. The Morgan fingerprint density at radius 1 is 1.18 bits per heavy atom. The van der Waals surface area contributed by atoms with Gasteiger partial charge in [0.15, 0.2) is 17.4 Å². The number of rotatable bonds is 4. The summed E-state index contributed by atoms with van der Waals surface area (Å²) in [5, 5.41) is 17.1. The van der Waals surface area contributed by atoms with Crippen molar-refractivity contribution in [1.29, 1.82) is 0 Å². The molecule has 0 aliphatic carbocycles. The van der Waals surface area contributed by atoms with Crippen molar-refractivity contribution in [3.63, 3.8) is 0 Å². The number of benzene rings is 1. The molecule has 0 bridgehead atoms. The smallest absolute Gasteiger partial charge is 0.258 e. The summed E-state index contributed by atoms with van der Waals surface area (Å²) in [4.78, 5) is 13.9. The number of carbonyl (C=O) groups is 1. The Morgan fingerprint density at radius 3 is 2.36 bits per heavy atom. The van der Waals surface area contributed by atoms with Crippen LogP contribution in [-0.4, -0.2) is 52.1 Å². The van der Waals surface area contributed by atoms with Crippen LogP contribution in [0, 0.1) is 12.3 Å². The molecule has 2 aromatic rings. The molecule has 1 atom stereocenters. The number of aryl methyl sites for hydroxylation is 1. The summed E-state index contributed by atoms with van der Waals surface area (Å²) >= 11 is 3.32. The van der Waals surface area contributed by atoms with E-state index in [4.69, 9.17) is 4.42 Å². The zero-order chi connectivity index (χ0) is 24.7. The average Bonchev–Trinajstić information content (AvgIpc) is 3.22. The molecule has 0 saturated heterocycles. The predicted molar refractivity (Wildman–Crippen MR) is 137 cm³/mol. The van der Waals surface area contributed by atoms with Gasteiger partial charge in [-0.05, 0) is 52.5 Å². The van der Waals surface area contributed by atoms with Gasteiger partial charge in [0.05, 0.1) is 27.6 Å². The number of nitrogens with zero attached hydrogens (tertiary/aromatic N) is 3. The van der Waals surface area contributed by atoms with Crippen molar-refractivity contribution in [3.05, 3.63) is 45.8 Å². The van der Waals surface area contributed by atoms with Crippen LogP contribution in [0.5, 0.6) is 5.75 Å². The number of aromatic hydroxyl groups is 1. The molecule has 0 spiro atoms. The van der Waals surface area contributed by atoms with Gasteiger partial charge in [-0.2, -0.15) is 8.80 Å². The second-order valence-electron chi connectivity index (χ2n) is 9.27. The van der Waals surface area contributed by atoms with Gasteiger partial charge < -0.3 is 25.1 Å². The molecule has 3 rings (SSSR count). The predicted octanol–water partition coefficient (Wildman–Crippen LogP) is 3.83. The van der Waals surface area contributed by atoms with Crippen LogP contribution in [0.25, 0.3) is 0 Å². The number of amidine groups is 2. The van der Waals surface area contributed by atoms with E-state index in [0.29, 0.717) is 10.2 Å². The van der Waals surface area contributed by atoms with Gasteiger partial charge >= 0.3 is 0 Å². The molecule has 9 nitrogen and oxygen atoms in total. The summed E-state index contributed by atoms with van der Waals surface area (Å²) in [7, 11) is -0.00910. The SMILES string of the molecule is Cc1ccc([C@H](NC2=N[SH](C)(=O)N=C2Nc2ccc(Br)c(C(=O)N(C)C)c2O)C(C)(C)C)o1. The average molecular weight is 540 g/mol. The summed E-state index contributed by atoms with van der Waals surface area (Å²) in [6.45, 7) is 8.02. The Balaban J connectivity index is 1.97. The van der Waals surface area contributed by atoms with Crippen molar-refractivity contribution in [2.75, 3.05) is 25.7 Å². The number of phenolic OH excluding ortho intramolecular Hbond substituents is 1. The molecule has 11 heteroatoms. The van der Waals surface area contributed by atoms with Gasteiger partial charge in [0.25, 0.3) is 5.91 Å². The Kier molecular flexibility index (Phi) is 6.77. The first-order chi connectivity index (χ1) is 15.2. The zero-order valence-corrected chi connectivity index (χ0v) is 22.2. The maximum atomic E-state index is 12.8. The Bertz CT molecular complexity index is 1200. The van der Waals surface area contributed by atoms with Crippen LogP contribution in [0.4, 0.5) is 5.69 Å². The first-order valence-corrected chi connectivity index (χ1v) is 13.2. The Labute approximate surface area is 203 Å². The fourth-order valence-corrected chi connectivity index (χ4v) is 4.92. The number of halogens is 1. The van der Waals surface area contributed by atoms with Crippen molar-refractivity contribution in [3.8, 4) is 5.75 Å². The summed E-state index contributed by atoms with van der Waals surface area (Å²) in [5.74, 6) is 1.37. The minimum Gasteiger partial charge on any atom is -0.505 e. The quantitative estimate of drug-likeness (QED) is 0.346. The van der Waals surface area contributed by atoms with Gasteiger partial charge in [-0.25, -0.2) is 4.21 Å². The number of nitrogens with one attached hydrogen (secondary N) is 2. The molecule has 1 aliphatic heterocycles. The van der Waals surface area contributed by atoms with E-state index >= 15 is 0 Å².